The van der Waals surface area contributed by atoms with Crippen molar-refractivity contribution in [2.24, 2.45) is 5.92 Å². The van der Waals surface area contributed by atoms with Crippen LogP contribution in [0.3, 0.4) is 0 Å². The highest BCUT2D eigenvalue weighted by molar-refractivity contribution is 8.01. The standard InChI is InChI=1S/C29H24F5N3O4S2/c1-13-19(12-42-29-37-36-14(2)43-29)40-28(41-26(13)16-8-6-15(11-38)7-9-16)17-4-3-5-18(10-17)35-27(39)20-21(30)23(32)25(34)24(33)22(20)31/h3-10,13,19,26,28,38H,11-12H2,1-2H3,(H,35,39). The fourth-order valence-corrected chi connectivity index (χ4v) is 6.57. The molecule has 4 aromatic rings. The number of ether oxygens (including phenoxy) is 2. The summed E-state index contributed by atoms with van der Waals surface area (Å²) in [7, 11) is 0. The van der Waals surface area contributed by atoms with Crippen molar-refractivity contribution in [2.75, 3.05) is 11.1 Å². The van der Waals surface area contributed by atoms with Crippen molar-refractivity contribution >= 4 is 34.7 Å². The van der Waals surface area contributed by atoms with Gasteiger partial charge in [-0.05, 0) is 30.2 Å². The number of benzene rings is 3. The van der Waals surface area contributed by atoms with Gasteiger partial charge in [0.25, 0.3) is 5.91 Å². The highest BCUT2D eigenvalue weighted by Crippen LogP contribution is 2.43. The van der Waals surface area contributed by atoms with Crippen LogP contribution in [0.25, 0.3) is 0 Å². The molecule has 2 heterocycles. The number of aromatic nitrogens is 2. The highest BCUT2D eigenvalue weighted by Gasteiger charge is 2.39. The number of carbonyl (C=O) groups is 1. The monoisotopic (exact) mass is 637 g/mol. The predicted octanol–water partition coefficient (Wildman–Crippen LogP) is 6.87. The summed E-state index contributed by atoms with van der Waals surface area (Å²) in [5.74, 6) is -12.4. The van der Waals surface area contributed by atoms with Gasteiger partial charge in [0.2, 0.25) is 5.82 Å². The number of hydrogen-bond donors (Lipinski definition) is 2. The van der Waals surface area contributed by atoms with Crippen molar-refractivity contribution in [1.29, 1.82) is 0 Å². The molecule has 1 saturated heterocycles. The maximum atomic E-state index is 14.2. The molecule has 226 valence electrons. The average Bonchev–Trinajstić information content (AvgIpc) is 3.43. The minimum Gasteiger partial charge on any atom is -0.392 e. The first kappa shape index (κ1) is 31.0. The number of aryl methyl sites for hydroxylation is 1. The first-order chi connectivity index (χ1) is 20.6. The average molecular weight is 638 g/mol. The molecule has 0 aliphatic carbocycles. The second kappa shape index (κ2) is 13.1. The second-order valence-electron chi connectivity index (χ2n) is 9.74. The van der Waals surface area contributed by atoms with Crippen LogP contribution in [0, 0.1) is 41.9 Å². The van der Waals surface area contributed by atoms with E-state index in [1.165, 1.54) is 41.3 Å². The SMILES string of the molecule is Cc1nnc(SCC2OC(c3cccc(NC(=O)c4c(F)c(F)c(F)c(F)c4F)c3)OC(c3ccc(CO)cc3)C2C)s1. The van der Waals surface area contributed by atoms with Crippen LogP contribution in [0.5, 0.6) is 0 Å². The first-order valence-corrected chi connectivity index (χ1v) is 14.7. The number of nitrogens with zero attached hydrogens (tertiary/aromatic N) is 2. The van der Waals surface area contributed by atoms with Gasteiger partial charge in [-0.3, -0.25) is 4.79 Å². The maximum absolute atomic E-state index is 14.2. The van der Waals surface area contributed by atoms with E-state index in [1.54, 1.807) is 18.2 Å². The van der Waals surface area contributed by atoms with Crippen molar-refractivity contribution < 1.29 is 41.3 Å². The Kier molecular flexibility index (Phi) is 9.42. The lowest BCUT2D eigenvalue weighted by Gasteiger charge is -2.41. The van der Waals surface area contributed by atoms with E-state index < -0.39 is 53.0 Å². The Hall–Kier alpha value is -3.43. The molecule has 0 saturated carbocycles. The van der Waals surface area contributed by atoms with Crippen molar-refractivity contribution in [2.45, 2.75) is 43.3 Å². The molecule has 5 rings (SSSR count). The van der Waals surface area contributed by atoms with Crippen LogP contribution in [-0.4, -0.2) is 33.1 Å². The van der Waals surface area contributed by atoms with Crippen LogP contribution in [0.1, 0.15) is 51.4 Å². The van der Waals surface area contributed by atoms with Crippen molar-refractivity contribution in [3.8, 4) is 0 Å². The van der Waals surface area contributed by atoms with Crippen LogP contribution in [0.2, 0.25) is 0 Å². The van der Waals surface area contributed by atoms with Gasteiger partial charge in [-0.15, -0.1) is 10.2 Å². The second-order valence-corrected chi connectivity index (χ2v) is 12.2. The molecular formula is C29H24F5N3O4S2. The summed E-state index contributed by atoms with van der Waals surface area (Å²) in [4.78, 5) is 12.6. The molecule has 0 spiro atoms. The third kappa shape index (κ3) is 6.58. The zero-order valence-electron chi connectivity index (χ0n) is 22.6. The lowest BCUT2D eigenvalue weighted by molar-refractivity contribution is -0.268. The van der Waals surface area contributed by atoms with E-state index >= 15 is 0 Å². The van der Waals surface area contributed by atoms with E-state index in [0.29, 0.717) is 11.3 Å². The molecule has 7 nitrogen and oxygen atoms in total. The van der Waals surface area contributed by atoms with Crippen LogP contribution in [0.15, 0.2) is 52.9 Å². The Labute approximate surface area is 251 Å². The molecule has 1 amide bonds. The number of amides is 1. The third-order valence-electron chi connectivity index (χ3n) is 6.86. The van der Waals surface area contributed by atoms with Gasteiger partial charge in [-0.2, -0.15) is 0 Å². The van der Waals surface area contributed by atoms with Gasteiger partial charge in [0, 0.05) is 22.9 Å². The number of nitrogens with one attached hydrogen (secondary N) is 1. The quantitative estimate of drug-likeness (QED) is 0.0943. The number of thioether (sulfide) groups is 1. The molecule has 1 fully saturated rings. The van der Waals surface area contributed by atoms with E-state index in [2.05, 4.69) is 15.5 Å². The molecule has 1 aliphatic heterocycles. The number of hydrogen-bond acceptors (Lipinski definition) is 8. The fourth-order valence-electron chi connectivity index (χ4n) is 4.56. The zero-order valence-corrected chi connectivity index (χ0v) is 24.2. The largest absolute Gasteiger partial charge is 0.392 e. The van der Waals surface area contributed by atoms with Gasteiger partial charge < -0.3 is 19.9 Å². The van der Waals surface area contributed by atoms with E-state index in [-0.39, 0.29) is 24.3 Å². The van der Waals surface area contributed by atoms with Gasteiger partial charge in [-0.1, -0.05) is 66.4 Å². The summed E-state index contributed by atoms with van der Waals surface area (Å²) < 4.78 is 82.7. The molecule has 4 atom stereocenters. The number of rotatable bonds is 8. The molecule has 1 aromatic heterocycles. The van der Waals surface area contributed by atoms with E-state index in [4.69, 9.17) is 9.47 Å². The molecule has 0 radical (unpaired) electrons. The van der Waals surface area contributed by atoms with Crippen molar-refractivity contribution in [3.63, 3.8) is 0 Å². The molecule has 4 unspecified atom stereocenters. The minimum absolute atomic E-state index is 0.0105. The minimum atomic E-state index is -2.36. The molecule has 0 bridgehead atoms. The number of aliphatic hydroxyl groups excluding tert-OH is 1. The third-order valence-corrected chi connectivity index (χ3v) is 8.92. The number of carbonyl (C=O) groups excluding carboxylic acids is 1. The fraction of sp³-hybridized carbons (Fsp3) is 0.276. The Morgan fingerprint density at radius 1 is 0.953 bits per heavy atom. The summed E-state index contributed by atoms with van der Waals surface area (Å²) in [6.45, 7) is 3.73. The summed E-state index contributed by atoms with van der Waals surface area (Å²) in [6, 6.07) is 13.3. The highest BCUT2D eigenvalue weighted by atomic mass is 32.2. The summed E-state index contributed by atoms with van der Waals surface area (Å²) in [5.41, 5.74) is 0.417. The van der Waals surface area contributed by atoms with Gasteiger partial charge in [0.05, 0.1) is 18.8 Å². The first-order valence-electron chi connectivity index (χ1n) is 12.9. The summed E-state index contributed by atoms with van der Waals surface area (Å²) in [6.07, 6.45) is -1.74. The van der Waals surface area contributed by atoms with E-state index in [9.17, 15) is 31.9 Å². The van der Waals surface area contributed by atoms with Crippen molar-refractivity contribution in [3.05, 3.63) is 105 Å². The lowest BCUT2D eigenvalue weighted by Crippen LogP contribution is -2.38. The van der Waals surface area contributed by atoms with Gasteiger partial charge in [0.15, 0.2) is 33.9 Å². The summed E-state index contributed by atoms with van der Waals surface area (Å²) >= 11 is 2.94. The van der Waals surface area contributed by atoms with Crippen LogP contribution in [0.4, 0.5) is 27.6 Å². The van der Waals surface area contributed by atoms with Crippen molar-refractivity contribution in [1.82, 2.24) is 10.2 Å². The Morgan fingerprint density at radius 2 is 1.63 bits per heavy atom. The van der Waals surface area contributed by atoms with Gasteiger partial charge >= 0.3 is 0 Å². The molecule has 14 heteroatoms. The zero-order chi connectivity index (χ0) is 30.8. The van der Waals surface area contributed by atoms with E-state index in [0.717, 1.165) is 20.5 Å². The predicted molar refractivity (Wildman–Crippen MR) is 149 cm³/mol. The number of aliphatic hydroxyl groups is 1. The summed E-state index contributed by atoms with van der Waals surface area (Å²) in [5, 5.41) is 20.7. The Morgan fingerprint density at radius 3 is 2.26 bits per heavy atom. The molecular weight excluding hydrogens is 613 g/mol. The molecule has 43 heavy (non-hydrogen) atoms. The Balaban J connectivity index is 1.41. The molecule has 2 N–H and O–H groups in total. The van der Waals surface area contributed by atoms with Gasteiger partial charge in [-0.25, -0.2) is 22.0 Å². The van der Waals surface area contributed by atoms with Crippen LogP contribution >= 0.6 is 23.1 Å². The molecule has 3 aromatic carbocycles. The van der Waals surface area contributed by atoms with E-state index in [1.807, 2.05) is 26.0 Å². The molecule has 1 aliphatic rings. The lowest BCUT2D eigenvalue weighted by atomic mass is 9.91. The van der Waals surface area contributed by atoms with Crippen LogP contribution < -0.4 is 5.32 Å². The Bertz CT molecular complexity index is 1610. The van der Waals surface area contributed by atoms with Gasteiger partial charge in [0.1, 0.15) is 10.6 Å². The topological polar surface area (TPSA) is 93.6 Å². The maximum Gasteiger partial charge on any atom is 0.261 e. The normalized spacial score (nSPS) is 20.3. The van der Waals surface area contributed by atoms with Crippen LogP contribution in [-0.2, 0) is 16.1 Å². The number of halogens is 5. The number of anilines is 1. The smallest absolute Gasteiger partial charge is 0.261 e.